The molecule has 5 nitrogen and oxygen atoms in total. The maximum Gasteiger partial charge on any atom is 0.329 e. The van der Waals surface area contributed by atoms with E-state index in [0.29, 0.717) is 25.4 Å². The van der Waals surface area contributed by atoms with Crippen LogP contribution in [0, 0.1) is 11.8 Å². The average Bonchev–Trinajstić information content (AvgIpc) is 2.89. The molecule has 2 N–H and O–H groups in total. The Morgan fingerprint density at radius 3 is 2.43 bits per heavy atom. The molecule has 1 unspecified atom stereocenters. The van der Waals surface area contributed by atoms with Crippen LogP contribution in [-0.4, -0.2) is 40.6 Å². The van der Waals surface area contributed by atoms with Gasteiger partial charge < -0.3 is 15.3 Å². The lowest BCUT2D eigenvalue weighted by Gasteiger charge is -2.33. The van der Waals surface area contributed by atoms with Gasteiger partial charge in [0.05, 0.1) is 0 Å². The fourth-order valence-electron chi connectivity index (χ4n) is 3.68. The number of hydrogen-bond donors (Lipinski definition) is 2. The summed E-state index contributed by atoms with van der Waals surface area (Å²) in [6, 6.07) is -0.213. The smallest absolute Gasteiger partial charge is 0.329 e. The molecule has 0 spiro atoms. The quantitative estimate of drug-likeness (QED) is 0.838. The Balaban J connectivity index is 1.81. The molecule has 0 bridgehead atoms. The Bertz CT molecular complexity index is 391. The number of carbonyl (C=O) groups is 2. The largest absolute Gasteiger partial charge is 0.480 e. The van der Waals surface area contributed by atoms with Crippen molar-refractivity contribution in [2.75, 3.05) is 13.1 Å². The molecular formula is C16H28N2O3. The molecule has 1 aliphatic heterocycles. The summed E-state index contributed by atoms with van der Waals surface area (Å²) in [5.41, 5.74) is -1.04. The molecular weight excluding hydrogens is 268 g/mol. The molecule has 5 heteroatoms. The standard InChI is InChI=1S/C16H28N2O3/c1-3-12-5-7-13(8-6-12)11-17-15(21)18-10-4-9-16(18,2)14(19)20/h12-13H,3-11H2,1-2H3,(H,17,21)(H,19,20). The SMILES string of the molecule is CCC1CCC(CNC(=O)N2CCCC2(C)C(=O)O)CC1. The molecule has 1 saturated heterocycles. The number of carboxylic acids is 1. The van der Waals surface area contributed by atoms with E-state index in [1.54, 1.807) is 6.92 Å². The highest BCUT2D eigenvalue weighted by molar-refractivity contribution is 5.86. The molecule has 0 aromatic rings. The van der Waals surface area contributed by atoms with Crippen molar-refractivity contribution in [2.45, 2.75) is 64.3 Å². The minimum Gasteiger partial charge on any atom is -0.480 e. The van der Waals surface area contributed by atoms with E-state index in [-0.39, 0.29) is 6.03 Å². The van der Waals surface area contributed by atoms with Crippen LogP contribution in [0.2, 0.25) is 0 Å². The molecule has 2 amide bonds. The number of rotatable bonds is 4. The molecule has 2 rings (SSSR count). The van der Waals surface area contributed by atoms with Crippen LogP contribution in [0.15, 0.2) is 0 Å². The number of nitrogens with one attached hydrogen (secondary N) is 1. The fourth-order valence-corrected chi connectivity index (χ4v) is 3.68. The molecule has 120 valence electrons. The van der Waals surface area contributed by atoms with Crippen LogP contribution in [0.3, 0.4) is 0 Å². The van der Waals surface area contributed by atoms with Gasteiger partial charge in [0.2, 0.25) is 0 Å². The molecule has 1 atom stereocenters. The van der Waals surface area contributed by atoms with Crippen molar-refractivity contribution in [3.63, 3.8) is 0 Å². The Morgan fingerprint density at radius 1 is 1.24 bits per heavy atom. The minimum absolute atomic E-state index is 0.213. The summed E-state index contributed by atoms with van der Waals surface area (Å²) in [6.45, 7) is 5.11. The summed E-state index contributed by atoms with van der Waals surface area (Å²) in [5, 5.41) is 12.3. The maximum atomic E-state index is 12.3. The summed E-state index contributed by atoms with van der Waals surface area (Å²) in [5.74, 6) is 0.500. The molecule has 0 radical (unpaired) electrons. The molecule has 0 aromatic heterocycles. The Morgan fingerprint density at radius 2 is 1.86 bits per heavy atom. The third kappa shape index (κ3) is 3.50. The first-order valence-electron chi connectivity index (χ1n) is 8.26. The van der Waals surface area contributed by atoms with Crippen molar-refractivity contribution in [1.82, 2.24) is 10.2 Å². The van der Waals surface area contributed by atoms with E-state index in [0.717, 1.165) is 12.3 Å². The summed E-state index contributed by atoms with van der Waals surface area (Å²) in [7, 11) is 0. The van der Waals surface area contributed by atoms with Gasteiger partial charge in [-0.05, 0) is 44.4 Å². The predicted octanol–water partition coefficient (Wildman–Crippen LogP) is 2.85. The number of carbonyl (C=O) groups excluding carboxylic acids is 1. The first kappa shape index (κ1) is 16.1. The van der Waals surface area contributed by atoms with Crippen LogP contribution in [0.1, 0.15) is 58.8 Å². The topological polar surface area (TPSA) is 69.6 Å². The van der Waals surface area contributed by atoms with E-state index < -0.39 is 11.5 Å². The van der Waals surface area contributed by atoms with Crippen molar-refractivity contribution in [1.29, 1.82) is 0 Å². The van der Waals surface area contributed by atoms with Gasteiger partial charge in [0.1, 0.15) is 5.54 Å². The maximum absolute atomic E-state index is 12.3. The fraction of sp³-hybridized carbons (Fsp3) is 0.875. The van der Waals surface area contributed by atoms with Crippen LogP contribution in [0.25, 0.3) is 0 Å². The van der Waals surface area contributed by atoms with Crippen LogP contribution in [0.4, 0.5) is 4.79 Å². The number of hydrogen-bond acceptors (Lipinski definition) is 2. The van der Waals surface area contributed by atoms with Crippen LogP contribution >= 0.6 is 0 Å². The lowest BCUT2D eigenvalue weighted by atomic mass is 9.81. The second-order valence-corrected chi connectivity index (χ2v) is 6.82. The zero-order chi connectivity index (χ0) is 15.5. The van der Waals surface area contributed by atoms with Crippen molar-refractivity contribution in [2.24, 2.45) is 11.8 Å². The Hall–Kier alpha value is -1.26. The van der Waals surface area contributed by atoms with E-state index in [2.05, 4.69) is 12.2 Å². The van der Waals surface area contributed by atoms with Crippen LogP contribution in [-0.2, 0) is 4.79 Å². The van der Waals surface area contributed by atoms with Gasteiger partial charge in [-0.2, -0.15) is 0 Å². The first-order valence-corrected chi connectivity index (χ1v) is 8.26. The monoisotopic (exact) mass is 296 g/mol. The number of amides is 2. The van der Waals surface area contributed by atoms with Gasteiger partial charge in [-0.25, -0.2) is 9.59 Å². The van der Waals surface area contributed by atoms with E-state index in [1.807, 2.05) is 0 Å². The van der Waals surface area contributed by atoms with E-state index in [4.69, 9.17) is 0 Å². The molecule has 2 fully saturated rings. The molecule has 1 saturated carbocycles. The zero-order valence-corrected chi connectivity index (χ0v) is 13.2. The second-order valence-electron chi connectivity index (χ2n) is 6.82. The highest BCUT2D eigenvalue weighted by Crippen LogP contribution is 2.31. The van der Waals surface area contributed by atoms with Crippen LogP contribution < -0.4 is 5.32 Å². The van der Waals surface area contributed by atoms with Gasteiger partial charge in [-0.1, -0.05) is 26.2 Å². The normalized spacial score (nSPS) is 33.0. The number of likely N-dealkylation sites (tertiary alicyclic amines) is 1. The average molecular weight is 296 g/mol. The van der Waals surface area contributed by atoms with Gasteiger partial charge in [0.25, 0.3) is 0 Å². The van der Waals surface area contributed by atoms with Crippen LogP contribution in [0.5, 0.6) is 0 Å². The van der Waals surface area contributed by atoms with Gasteiger partial charge in [0.15, 0.2) is 0 Å². The number of nitrogens with zero attached hydrogens (tertiary/aromatic N) is 1. The molecule has 0 aromatic carbocycles. The van der Waals surface area contributed by atoms with E-state index in [1.165, 1.54) is 37.0 Å². The number of aliphatic carboxylic acids is 1. The van der Waals surface area contributed by atoms with Crippen molar-refractivity contribution in [3.8, 4) is 0 Å². The van der Waals surface area contributed by atoms with Crippen molar-refractivity contribution >= 4 is 12.0 Å². The lowest BCUT2D eigenvalue weighted by Crippen LogP contribution is -2.54. The lowest BCUT2D eigenvalue weighted by molar-refractivity contribution is -0.147. The summed E-state index contributed by atoms with van der Waals surface area (Å²) < 4.78 is 0. The Labute approximate surface area is 127 Å². The van der Waals surface area contributed by atoms with E-state index >= 15 is 0 Å². The third-order valence-electron chi connectivity index (χ3n) is 5.43. The van der Waals surface area contributed by atoms with Gasteiger partial charge in [-0.3, -0.25) is 0 Å². The summed E-state index contributed by atoms with van der Waals surface area (Å²) in [6.07, 6.45) is 7.42. The molecule has 1 heterocycles. The Kier molecular flexibility index (Phi) is 5.12. The number of urea groups is 1. The molecule has 2 aliphatic rings. The summed E-state index contributed by atoms with van der Waals surface area (Å²) in [4.78, 5) is 25.2. The first-order chi connectivity index (χ1) is 9.97. The summed E-state index contributed by atoms with van der Waals surface area (Å²) >= 11 is 0. The number of carboxylic acid groups (broad SMARTS) is 1. The highest BCUT2D eigenvalue weighted by Gasteiger charge is 2.46. The van der Waals surface area contributed by atoms with Gasteiger partial charge >= 0.3 is 12.0 Å². The van der Waals surface area contributed by atoms with Gasteiger partial charge in [0, 0.05) is 13.1 Å². The van der Waals surface area contributed by atoms with Crippen molar-refractivity contribution in [3.05, 3.63) is 0 Å². The third-order valence-corrected chi connectivity index (χ3v) is 5.43. The predicted molar refractivity (Wildman–Crippen MR) is 81.1 cm³/mol. The second kappa shape index (κ2) is 6.67. The van der Waals surface area contributed by atoms with E-state index in [9.17, 15) is 14.7 Å². The molecule has 21 heavy (non-hydrogen) atoms. The minimum atomic E-state index is -1.04. The molecule has 1 aliphatic carbocycles. The van der Waals surface area contributed by atoms with Gasteiger partial charge in [-0.15, -0.1) is 0 Å². The van der Waals surface area contributed by atoms with Crippen molar-refractivity contribution < 1.29 is 14.7 Å². The highest BCUT2D eigenvalue weighted by atomic mass is 16.4. The zero-order valence-electron chi connectivity index (χ0n) is 13.2.